The molecule has 3 amide bonds. The van der Waals surface area contributed by atoms with Crippen molar-refractivity contribution >= 4 is 23.4 Å². The van der Waals surface area contributed by atoms with E-state index in [4.69, 9.17) is 18.7 Å². The maximum Gasteiger partial charge on any atom is 0.294 e. The molecule has 1 N–H and O–H groups in total. The van der Waals surface area contributed by atoms with Crippen LogP contribution in [0.5, 0.6) is 5.75 Å². The fourth-order valence-electron chi connectivity index (χ4n) is 4.95. The largest absolute Gasteiger partial charge is 0.491 e. The van der Waals surface area contributed by atoms with E-state index < -0.39 is 5.91 Å². The van der Waals surface area contributed by atoms with Crippen LogP contribution < -0.4 is 10.1 Å². The Morgan fingerprint density at radius 2 is 1.93 bits per heavy atom. The van der Waals surface area contributed by atoms with Crippen LogP contribution in [0.3, 0.4) is 0 Å². The van der Waals surface area contributed by atoms with Gasteiger partial charge in [-0.1, -0.05) is 12.1 Å². The number of nitrogens with one attached hydrogen (secondary N) is 1. The quantitative estimate of drug-likeness (QED) is 0.567. The Bertz CT molecular complexity index is 1150. The van der Waals surface area contributed by atoms with Gasteiger partial charge in [-0.3, -0.25) is 19.3 Å². The van der Waals surface area contributed by atoms with E-state index in [0.29, 0.717) is 56.3 Å². The summed E-state index contributed by atoms with van der Waals surface area (Å²) in [7, 11) is 3.32. The van der Waals surface area contributed by atoms with Crippen molar-refractivity contribution in [3.63, 3.8) is 0 Å². The van der Waals surface area contributed by atoms with Gasteiger partial charge in [0.1, 0.15) is 12.4 Å². The Labute approximate surface area is 234 Å². The number of carbonyl (C=O) groups excluding carboxylic acids is 3. The van der Waals surface area contributed by atoms with Crippen LogP contribution in [-0.4, -0.2) is 116 Å². The summed E-state index contributed by atoms with van der Waals surface area (Å²) in [5, 5.41) is 6.28. The van der Waals surface area contributed by atoms with Gasteiger partial charge in [-0.05, 0) is 25.1 Å². The van der Waals surface area contributed by atoms with Crippen molar-refractivity contribution in [2.75, 3.05) is 72.0 Å². The van der Waals surface area contributed by atoms with Crippen LogP contribution in [0.15, 0.2) is 35.0 Å². The fraction of sp³-hybridized carbons (Fsp3) is 0.571. The van der Waals surface area contributed by atoms with E-state index in [1.54, 1.807) is 37.3 Å². The van der Waals surface area contributed by atoms with Gasteiger partial charge < -0.3 is 33.9 Å². The first-order valence-corrected chi connectivity index (χ1v) is 13.6. The average Bonchev–Trinajstić information content (AvgIpc) is 3.51. The summed E-state index contributed by atoms with van der Waals surface area (Å²) in [5.41, 5.74) is 0.695. The molecule has 0 radical (unpaired) electrons. The summed E-state index contributed by atoms with van der Waals surface area (Å²) in [6.07, 6.45) is 1.48. The normalized spacial score (nSPS) is 23.0. The number of hydrogen-bond donors (Lipinski definition) is 1. The minimum atomic E-state index is -0.486. The number of carbonyl (C=O) groups is 3. The number of nitrogens with zero attached hydrogens (tertiary/aromatic N) is 4. The zero-order valence-corrected chi connectivity index (χ0v) is 23.6. The van der Waals surface area contributed by atoms with Crippen LogP contribution in [0, 0.1) is 5.92 Å². The smallest absolute Gasteiger partial charge is 0.294 e. The van der Waals surface area contributed by atoms with Crippen molar-refractivity contribution < 1.29 is 33.1 Å². The topological polar surface area (TPSA) is 127 Å². The van der Waals surface area contributed by atoms with Crippen molar-refractivity contribution in [3.8, 4) is 5.75 Å². The van der Waals surface area contributed by atoms with Crippen LogP contribution in [0.1, 0.15) is 41.2 Å². The van der Waals surface area contributed by atoms with Crippen LogP contribution in [-0.2, 0) is 14.3 Å². The standard InChI is InChI=1S/C28H39N5O7/c1-19-16-33(26(34)8-10-32-11-13-38-14-12-32)20(2)18-39-23-6-5-21(30-27(35)24-7-9-29-40-24)15-22(23)28(36)31(3)17-25(19)37-4/h5-7,9,15,19-20,25H,8,10-14,16-18H2,1-4H3,(H,30,35)/t19-,20-,25-/m1/s1. The number of benzene rings is 1. The van der Waals surface area contributed by atoms with E-state index in [9.17, 15) is 14.4 Å². The van der Waals surface area contributed by atoms with Gasteiger partial charge in [0, 0.05) is 71.0 Å². The zero-order valence-electron chi connectivity index (χ0n) is 23.6. The molecule has 0 bridgehead atoms. The van der Waals surface area contributed by atoms with E-state index in [0.717, 1.165) is 13.1 Å². The molecule has 1 aromatic heterocycles. The molecule has 1 saturated heterocycles. The van der Waals surface area contributed by atoms with Gasteiger partial charge in [-0.2, -0.15) is 0 Å². The first kappa shape index (κ1) is 29.5. The van der Waals surface area contributed by atoms with Gasteiger partial charge in [0.05, 0.1) is 37.1 Å². The molecule has 0 saturated carbocycles. The first-order chi connectivity index (χ1) is 19.3. The minimum absolute atomic E-state index is 0.0403. The summed E-state index contributed by atoms with van der Waals surface area (Å²) < 4.78 is 22.3. The molecule has 12 nitrogen and oxygen atoms in total. The lowest BCUT2D eigenvalue weighted by molar-refractivity contribution is -0.136. The number of rotatable bonds is 6. The Morgan fingerprint density at radius 1 is 1.15 bits per heavy atom. The Morgan fingerprint density at radius 3 is 2.62 bits per heavy atom. The van der Waals surface area contributed by atoms with Gasteiger partial charge in [0.2, 0.25) is 11.7 Å². The third-order valence-corrected chi connectivity index (χ3v) is 7.43. The van der Waals surface area contributed by atoms with Gasteiger partial charge >= 0.3 is 0 Å². The maximum atomic E-state index is 13.5. The molecular weight excluding hydrogens is 518 g/mol. The highest BCUT2D eigenvalue weighted by atomic mass is 16.5. The molecule has 3 atom stereocenters. The number of morpholine rings is 1. The highest BCUT2D eigenvalue weighted by Crippen LogP contribution is 2.27. The molecule has 0 spiro atoms. The Hall–Kier alpha value is -3.48. The lowest BCUT2D eigenvalue weighted by Crippen LogP contribution is -2.49. The van der Waals surface area contributed by atoms with Crippen molar-refractivity contribution in [1.82, 2.24) is 19.9 Å². The van der Waals surface area contributed by atoms with Gasteiger partial charge in [0.25, 0.3) is 11.8 Å². The zero-order chi connectivity index (χ0) is 28.6. The van der Waals surface area contributed by atoms with Gasteiger partial charge in [-0.25, -0.2) is 0 Å². The van der Waals surface area contributed by atoms with Crippen molar-refractivity contribution in [2.24, 2.45) is 5.92 Å². The number of fused-ring (bicyclic) bond motifs is 1. The Kier molecular flexibility index (Phi) is 10.1. The van der Waals surface area contributed by atoms with E-state index in [1.165, 1.54) is 12.3 Å². The summed E-state index contributed by atoms with van der Waals surface area (Å²) in [6.45, 7) is 8.67. The van der Waals surface area contributed by atoms with Gasteiger partial charge in [0.15, 0.2) is 0 Å². The summed E-state index contributed by atoms with van der Waals surface area (Å²) >= 11 is 0. The van der Waals surface area contributed by atoms with E-state index in [2.05, 4.69) is 15.4 Å². The fourth-order valence-corrected chi connectivity index (χ4v) is 4.95. The van der Waals surface area contributed by atoms with Crippen LogP contribution in [0.2, 0.25) is 0 Å². The highest BCUT2D eigenvalue weighted by Gasteiger charge is 2.30. The van der Waals surface area contributed by atoms with E-state index >= 15 is 0 Å². The molecular formula is C28H39N5O7. The third-order valence-electron chi connectivity index (χ3n) is 7.43. The lowest BCUT2D eigenvalue weighted by Gasteiger charge is -2.36. The van der Waals surface area contributed by atoms with Crippen LogP contribution in [0.25, 0.3) is 0 Å². The van der Waals surface area contributed by atoms with Crippen LogP contribution >= 0.6 is 0 Å². The number of hydrogen-bond acceptors (Lipinski definition) is 9. The monoisotopic (exact) mass is 557 g/mol. The second-order valence-corrected chi connectivity index (χ2v) is 10.4. The summed E-state index contributed by atoms with van der Waals surface area (Å²) in [5.74, 6) is -0.327. The summed E-state index contributed by atoms with van der Waals surface area (Å²) in [4.78, 5) is 45.2. The molecule has 3 heterocycles. The predicted octanol–water partition coefficient (Wildman–Crippen LogP) is 1.98. The second-order valence-electron chi connectivity index (χ2n) is 10.4. The highest BCUT2D eigenvalue weighted by molar-refractivity contribution is 6.04. The molecule has 1 fully saturated rings. The van der Waals surface area contributed by atoms with Crippen molar-refractivity contribution in [2.45, 2.75) is 32.4 Å². The average molecular weight is 558 g/mol. The number of methoxy groups -OCH3 is 1. The minimum Gasteiger partial charge on any atom is -0.491 e. The first-order valence-electron chi connectivity index (χ1n) is 13.6. The molecule has 2 aliphatic heterocycles. The molecule has 4 rings (SSSR count). The number of amides is 3. The second kappa shape index (κ2) is 13.7. The SMILES string of the molecule is CO[C@@H]1CN(C)C(=O)c2cc(NC(=O)c3ccno3)ccc2OC[C@@H](C)N(C(=O)CCN2CCOCC2)C[C@H]1C. The van der Waals surface area contributed by atoms with Crippen molar-refractivity contribution in [1.29, 1.82) is 0 Å². The van der Waals surface area contributed by atoms with E-state index in [1.807, 2.05) is 18.7 Å². The lowest BCUT2D eigenvalue weighted by atomic mass is 10.0. The van der Waals surface area contributed by atoms with E-state index in [-0.39, 0.29) is 42.2 Å². The number of likely N-dealkylation sites (N-methyl/N-ethyl adjacent to an activating group) is 1. The molecule has 2 aromatic rings. The third kappa shape index (κ3) is 7.38. The molecule has 40 heavy (non-hydrogen) atoms. The number of aromatic nitrogens is 1. The number of ether oxygens (including phenoxy) is 3. The summed E-state index contributed by atoms with van der Waals surface area (Å²) in [6, 6.07) is 6.09. The molecule has 2 aliphatic rings. The van der Waals surface area contributed by atoms with Gasteiger partial charge in [-0.15, -0.1) is 0 Å². The molecule has 12 heteroatoms. The molecule has 1 aromatic carbocycles. The van der Waals surface area contributed by atoms with Crippen molar-refractivity contribution in [3.05, 3.63) is 41.8 Å². The maximum absolute atomic E-state index is 13.5. The molecule has 0 aliphatic carbocycles. The predicted molar refractivity (Wildman–Crippen MR) is 146 cm³/mol. The molecule has 0 unspecified atom stereocenters. The number of anilines is 1. The van der Waals surface area contributed by atoms with Crippen LogP contribution in [0.4, 0.5) is 5.69 Å². The molecule has 218 valence electrons. The Balaban J connectivity index is 1.55.